The molecule has 18 heavy (non-hydrogen) atoms. The van der Waals surface area contributed by atoms with Crippen LogP contribution in [0, 0.1) is 0 Å². The highest BCUT2D eigenvalue weighted by molar-refractivity contribution is 7.13. The highest BCUT2D eigenvalue weighted by Crippen LogP contribution is 2.27. The van der Waals surface area contributed by atoms with Gasteiger partial charge in [0, 0.05) is 0 Å². The van der Waals surface area contributed by atoms with Gasteiger partial charge in [0.05, 0.1) is 17.9 Å². The molecule has 1 atom stereocenters. The normalized spacial score (nSPS) is 18.1. The highest BCUT2D eigenvalue weighted by Gasteiger charge is 2.23. The monoisotopic (exact) mass is 264 g/mol. The van der Waals surface area contributed by atoms with Gasteiger partial charge < -0.3 is 5.32 Å². The van der Waals surface area contributed by atoms with Crippen molar-refractivity contribution in [3.8, 4) is 0 Å². The van der Waals surface area contributed by atoms with Gasteiger partial charge in [-0.3, -0.25) is 10.4 Å². The fourth-order valence-electron chi connectivity index (χ4n) is 2.13. The maximum atomic E-state index is 11.8. The Morgan fingerprint density at radius 1 is 1.56 bits per heavy atom. The number of urea groups is 1. The van der Waals surface area contributed by atoms with Crippen LogP contribution in [0.5, 0.6) is 0 Å². The van der Waals surface area contributed by atoms with E-state index in [0.29, 0.717) is 5.13 Å². The van der Waals surface area contributed by atoms with Crippen LogP contribution in [0.25, 0.3) is 0 Å². The van der Waals surface area contributed by atoms with Crippen LogP contribution < -0.4 is 10.6 Å². The molecule has 2 amide bonds. The van der Waals surface area contributed by atoms with Gasteiger partial charge in [-0.25, -0.2) is 4.79 Å². The van der Waals surface area contributed by atoms with Gasteiger partial charge in [0.2, 0.25) is 5.13 Å². The van der Waals surface area contributed by atoms with E-state index < -0.39 is 0 Å². The minimum absolute atomic E-state index is 0.0100. The molecule has 94 valence electrons. The van der Waals surface area contributed by atoms with E-state index in [1.54, 1.807) is 5.51 Å². The summed E-state index contributed by atoms with van der Waals surface area (Å²) in [6.45, 7) is 0. The third kappa shape index (κ3) is 2.19. The first-order valence-corrected chi connectivity index (χ1v) is 6.57. The number of H-pyrrole nitrogens is 1. The van der Waals surface area contributed by atoms with Crippen molar-refractivity contribution in [3.63, 3.8) is 0 Å². The number of hydrogen-bond acceptors (Lipinski definition) is 5. The van der Waals surface area contributed by atoms with Crippen LogP contribution >= 0.6 is 11.3 Å². The number of fused-ring (bicyclic) bond motifs is 1. The third-order valence-corrected chi connectivity index (χ3v) is 3.53. The van der Waals surface area contributed by atoms with Crippen molar-refractivity contribution in [2.75, 3.05) is 5.32 Å². The molecule has 1 aliphatic rings. The largest absolute Gasteiger partial charge is 0.329 e. The van der Waals surface area contributed by atoms with Crippen molar-refractivity contribution in [2.24, 2.45) is 0 Å². The summed E-state index contributed by atoms with van der Waals surface area (Å²) in [5.74, 6) is 0. The van der Waals surface area contributed by atoms with Gasteiger partial charge in [0.1, 0.15) is 5.51 Å². The van der Waals surface area contributed by atoms with E-state index in [2.05, 4.69) is 31.0 Å². The maximum Gasteiger partial charge on any atom is 0.321 e. The molecule has 0 bridgehead atoms. The van der Waals surface area contributed by atoms with E-state index in [1.165, 1.54) is 16.9 Å². The Kier molecular flexibility index (Phi) is 2.93. The van der Waals surface area contributed by atoms with E-state index >= 15 is 0 Å². The van der Waals surface area contributed by atoms with Crippen molar-refractivity contribution in [2.45, 2.75) is 25.3 Å². The molecule has 0 saturated heterocycles. The number of amides is 2. The number of hydrogen-bond donors (Lipinski definition) is 3. The molecular weight excluding hydrogens is 252 g/mol. The number of nitrogens with one attached hydrogen (secondary N) is 3. The predicted molar refractivity (Wildman–Crippen MR) is 66.3 cm³/mol. The van der Waals surface area contributed by atoms with E-state index in [9.17, 15) is 4.79 Å². The van der Waals surface area contributed by atoms with E-state index in [4.69, 9.17) is 0 Å². The maximum absolute atomic E-state index is 11.8. The Bertz CT molecular complexity index is 536. The molecule has 0 aromatic carbocycles. The van der Waals surface area contributed by atoms with Crippen LogP contribution in [0.2, 0.25) is 0 Å². The van der Waals surface area contributed by atoms with E-state index in [-0.39, 0.29) is 12.1 Å². The molecule has 2 aromatic heterocycles. The number of aromatic nitrogens is 4. The number of aromatic amines is 1. The molecule has 0 saturated carbocycles. The number of nitrogens with zero attached hydrogens (tertiary/aromatic N) is 3. The zero-order chi connectivity index (χ0) is 12.4. The highest BCUT2D eigenvalue weighted by atomic mass is 32.1. The fraction of sp³-hybridized carbons (Fsp3) is 0.400. The zero-order valence-corrected chi connectivity index (χ0v) is 10.3. The van der Waals surface area contributed by atoms with Crippen molar-refractivity contribution < 1.29 is 4.79 Å². The van der Waals surface area contributed by atoms with Crippen LogP contribution in [0.15, 0.2) is 11.7 Å². The first kappa shape index (κ1) is 11.1. The van der Waals surface area contributed by atoms with Crippen LogP contribution in [0.1, 0.15) is 30.1 Å². The molecule has 3 rings (SSSR count). The SMILES string of the molecule is O=C(Nc1nncs1)NC1CCCc2cn[nH]c21. The standard InChI is InChI=1S/C10H12N6OS/c17-9(14-10-16-12-5-18-10)13-7-3-1-2-6-4-11-15-8(6)7/h4-5,7H,1-3H2,(H,11,15)(H2,13,14,16,17). The van der Waals surface area contributed by atoms with Gasteiger partial charge in [-0.1, -0.05) is 11.3 Å². The number of anilines is 1. The zero-order valence-electron chi connectivity index (χ0n) is 9.51. The Morgan fingerprint density at radius 2 is 2.50 bits per heavy atom. The number of carbonyl (C=O) groups is 1. The Labute approximate surface area is 107 Å². The fourth-order valence-corrected chi connectivity index (χ4v) is 2.57. The summed E-state index contributed by atoms with van der Waals surface area (Å²) < 4.78 is 0. The van der Waals surface area contributed by atoms with Crippen molar-refractivity contribution in [1.29, 1.82) is 0 Å². The molecule has 3 N–H and O–H groups in total. The van der Waals surface area contributed by atoms with Crippen molar-refractivity contribution >= 4 is 22.5 Å². The smallest absolute Gasteiger partial charge is 0.321 e. The van der Waals surface area contributed by atoms with E-state index in [0.717, 1.165) is 25.0 Å². The molecular formula is C10H12N6OS. The van der Waals surface area contributed by atoms with Gasteiger partial charge in [-0.05, 0) is 24.8 Å². The van der Waals surface area contributed by atoms with Crippen LogP contribution in [0.3, 0.4) is 0 Å². The lowest BCUT2D eigenvalue weighted by molar-refractivity contribution is 0.246. The Balaban J connectivity index is 1.66. The summed E-state index contributed by atoms with van der Waals surface area (Å²) in [5.41, 5.74) is 3.76. The Hall–Kier alpha value is -1.96. The van der Waals surface area contributed by atoms with Crippen LogP contribution in [0.4, 0.5) is 9.93 Å². The van der Waals surface area contributed by atoms with Crippen molar-refractivity contribution in [3.05, 3.63) is 23.0 Å². The van der Waals surface area contributed by atoms with Gasteiger partial charge in [-0.2, -0.15) is 5.10 Å². The van der Waals surface area contributed by atoms with Gasteiger partial charge in [0.25, 0.3) is 0 Å². The number of carbonyl (C=O) groups excluding carboxylic acids is 1. The minimum Gasteiger partial charge on any atom is -0.329 e. The average Bonchev–Trinajstić information content (AvgIpc) is 2.99. The second-order valence-electron chi connectivity index (χ2n) is 4.10. The molecule has 7 nitrogen and oxygen atoms in total. The molecule has 2 heterocycles. The molecule has 0 radical (unpaired) electrons. The summed E-state index contributed by atoms with van der Waals surface area (Å²) in [6, 6.07) is -0.275. The molecule has 0 aliphatic heterocycles. The molecule has 1 aliphatic carbocycles. The molecule has 0 fully saturated rings. The summed E-state index contributed by atoms with van der Waals surface area (Å²) in [7, 11) is 0. The van der Waals surface area contributed by atoms with Gasteiger partial charge in [-0.15, -0.1) is 10.2 Å². The molecule has 1 unspecified atom stereocenters. The second-order valence-corrected chi connectivity index (χ2v) is 4.93. The molecule has 8 heteroatoms. The second kappa shape index (κ2) is 4.73. The topological polar surface area (TPSA) is 95.6 Å². The van der Waals surface area contributed by atoms with Crippen molar-refractivity contribution in [1.82, 2.24) is 25.7 Å². The van der Waals surface area contributed by atoms with Gasteiger partial charge in [0.15, 0.2) is 0 Å². The van der Waals surface area contributed by atoms with E-state index in [1.807, 2.05) is 6.20 Å². The molecule has 0 spiro atoms. The lowest BCUT2D eigenvalue weighted by Gasteiger charge is -2.22. The third-order valence-electron chi connectivity index (χ3n) is 2.92. The lowest BCUT2D eigenvalue weighted by atomic mass is 9.94. The number of rotatable bonds is 2. The summed E-state index contributed by atoms with van der Waals surface area (Å²) >= 11 is 1.29. The summed E-state index contributed by atoms with van der Waals surface area (Å²) in [4.78, 5) is 11.8. The minimum atomic E-state index is -0.265. The average molecular weight is 264 g/mol. The quantitative estimate of drug-likeness (QED) is 0.765. The summed E-state index contributed by atoms with van der Waals surface area (Å²) in [5, 5.41) is 20.5. The molecule has 2 aromatic rings. The lowest BCUT2D eigenvalue weighted by Crippen LogP contribution is -2.34. The first-order chi connectivity index (χ1) is 8.83. The summed E-state index contributed by atoms with van der Waals surface area (Å²) in [6.07, 6.45) is 4.81. The van der Waals surface area contributed by atoms with Crippen LogP contribution in [-0.2, 0) is 6.42 Å². The predicted octanol–water partition coefficient (Wildman–Crippen LogP) is 1.46. The first-order valence-electron chi connectivity index (χ1n) is 5.69. The van der Waals surface area contributed by atoms with Gasteiger partial charge >= 0.3 is 6.03 Å². The Morgan fingerprint density at radius 3 is 3.33 bits per heavy atom. The number of aryl methyl sites for hydroxylation is 1. The van der Waals surface area contributed by atoms with Crippen LogP contribution in [-0.4, -0.2) is 26.4 Å².